The number of rotatable bonds is 8. The van der Waals surface area contributed by atoms with E-state index in [9.17, 15) is 32.7 Å². The fourth-order valence-corrected chi connectivity index (χ4v) is 8.14. The molecule has 1 fully saturated rings. The molecule has 2 atom stereocenters. The van der Waals surface area contributed by atoms with Gasteiger partial charge in [0.25, 0.3) is 5.56 Å². The van der Waals surface area contributed by atoms with Crippen molar-refractivity contribution in [3.8, 4) is 5.69 Å². The van der Waals surface area contributed by atoms with Crippen molar-refractivity contribution in [1.29, 1.82) is 0 Å². The van der Waals surface area contributed by atoms with Crippen LogP contribution in [0.5, 0.6) is 0 Å². The van der Waals surface area contributed by atoms with Gasteiger partial charge in [0, 0.05) is 47.7 Å². The van der Waals surface area contributed by atoms with Crippen LogP contribution in [0.1, 0.15) is 25.3 Å². The summed E-state index contributed by atoms with van der Waals surface area (Å²) in [6.45, 7) is 1.50. The van der Waals surface area contributed by atoms with Gasteiger partial charge in [0.15, 0.2) is 0 Å². The predicted molar refractivity (Wildman–Crippen MR) is 166 cm³/mol. The largest absolute Gasteiger partial charge is 0.480 e. The Kier molecular flexibility index (Phi) is 8.47. The molecule has 0 spiro atoms. The zero-order valence-corrected chi connectivity index (χ0v) is 26.0. The van der Waals surface area contributed by atoms with Gasteiger partial charge in [-0.15, -0.1) is 0 Å². The number of aromatic nitrogens is 2. The molecule has 1 aliphatic heterocycles. The second kappa shape index (κ2) is 11.8. The number of carboxylic acids is 1. The molecule has 2 heterocycles. The topological polar surface area (TPSA) is 148 Å². The molecule has 0 bridgehead atoms. The minimum absolute atomic E-state index is 0.0402. The summed E-state index contributed by atoms with van der Waals surface area (Å²) in [5, 5.41) is 14.0. The quantitative estimate of drug-likeness (QED) is 0.295. The summed E-state index contributed by atoms with van der Waals surface area (Å²) < 4.78 is 30.6. The van der Waals surface area contributed by atoms with Crippen LogP contribution >= 0.6 is 23.2 Å². The minimum Gasteiger partial charge on any atom is -0.480 e. The number of fused-ring (bicyclic) bond motifs is 1. The monoisotopic (exact) mass is 658 g/mol. The van der Waals surface area contributed by atoms with E-state index in [2.05, 4.69) is 5.32 Å². The Balaban J connectivity index is 1.47. The molecule has 0 saturated carbocycles. The summed E-state index contributed by atoms with van der Waals surface area (Å²) in [6, 6.07) is 13.8. The Bertz CT molecular complexity index is 2020. The van der Waals surface area contributed by atoms with E-state index in [0.717, 1.165) is 8.87 Å². The third-order valence-electron chi connectivity index (χ3n) is 7.90. The van der Waals surface area contributed by atoms with Gasteiger partial charge in [0.2, 0.25) is 15.9 Å². The Hall–Kier alpha value is -3.97. The van der Waals surface area contributed by atoms with Gasteiger partial charge in [0.1, 0.15) is 11.6 Å². The lowest BCUT2D eigenvalue weighted by Gasteiger charge is -2.34. The van der Waals surface area contributed by atoms with Crippen molar-refractivity contribution in [2.45, 2.75) is 42.7 Å². The second-order valence-corrected chi connectivity index (χ2v) is 13.5. The van der Waals surface area contributed by atoms with E-state index in [-0.39, 0.29) is 34.3 Å². The number of carbonyl (C=O) groups excluding carboxylic acids is 1. The molecule has 230 valence electrons. The molecule has 44 heavy (non-hydrogen) atoms. The highest BCUT2D eigenvalue weighted by Crippen LogP contribution is 2.36. The van der Waals surface area contributed by atoms with Gasteiger partial charge in [-0.3, -0.25) is 9.59 Å². The lowest BCUT2D eigenvalue weighted by atomic mass is 9.95. The van der Waals surface area contributed by atoms with E-state index in [4.69, 9.17) is 23.2 Å². The lowest BCUT2D eigenvalue weighted by Crippen LogP contribution is -2.58. The Morgan fingerprint density at radius 2 is 1.68 bits per heavy atom. The molecule has 11 nitrogen and oxygen atoms in total. The molecule has 1 saturated heterocycles. The van der Waals surface area contributed by atoms with Gasteiger partial charge in [0.05, 0.1) is 10.6 Å². The van der Waals surface area contributed by atoms with Crippen LogP contribution in [0.4, 0.5) is 0 Å². The SMILES string of the molecule is Cn1ccc(=O)n(-c2cccc3c(C[C@H](NC(=O)[C@]4(C)CCCN4S(=O)(=O)c4cc(Cl)cc(Cl)c4)C(=O)O)cccc23)c1=O. The van der Waals surface area contributed by atoms with Gasteiger partial charge in [-0.05, 0) is 55.0 Å². The van der Waals surface area contributed by atoms with Crippen molar-refractivity contribution in [3.63, 3.8) is 0 Å². The molecular weight excluding hydrogens is 631 g/mol. The standard InChI is InChI=1S/C30H28Cl2N4O7S/c1-30(11-5-12-35(30)44(42,43)21-16-19(31)15-20(32)17-21)28(40)33-24(27(38)39)14-18-6-3-8-23-22(18)7-4-9-25(23)36-26(37)10-13-34(2)29(36)41/h3-4,6-10,13,15-17,24H,5,11-12,14H2,1-2H3,(H,33,40)(H,38,39)/t24-,30-/m0/s1. The zero-order valence-electron chi connectivity index (χ0n) is 23.7. The summed E-state index contributed by atoms with van der Waals surface area (Å²) in [7, 11) is -2.70. The van der Waals surface area contributed by atoms with E-state index < -0.39 is 44.7 Å². The Morgan fingerprint density at radius 1 is 1.02 bits per heavy atom. The number of hydrogen-bond acceptors (Lipinski definition) is 6. The number of carboxylic acid groups (broad SMARTS) is 1. The van der Waals surface area contributed by atoms with Crippen molar-refractivity contribution in [1.82, 2.24) is 18.8 Å². The van der Waals surface area contributed by atoms with Crippen LogP contribution in [0.15, 0.2) is 81.3 Å². The molecule has 5 rings (SSSR count). The van der Waals surface area contributed by atoms with E-state index in [0.29, 0.717) is 28.4 Å². The molecule has 1 amide bonds. The van der Waals surface area contributed by atoms with Crippen molar-refractivity contribution in [2.75, 3.05) is 6.54 Å². The van der Waals surface area contributed by atoms with Crippen LogP contribution in [0, 0.1) is 0 Å². The average molecular weight is 660 g/mol. The predicted octanol–water partition coefficient (Wildman–Crippen LogP) is 3.35. The minimum atomic E-state index is -4.22. The molecule has 0 unspecified atom stereocenters. The van der Waals surface area contributed by atoms with Crippen LogP contribution in [0.3, 0.4) is 0 Å². The normalized spacial score (nSPS) is 17.9. The average Bonchev–Trinajstić information content (AvgIpc) is 3.38. The summed E-state index contributed by atoms with van der Waals surface area (Å²) in [5.74, 6) is -2.09. The van der Waals surface area contributed by atoms with E-state index in [1.165, 1.54) is 49.0 Å². The number of nitrogens with one attached hydrogen (secondary N) is 1. The highest BCUT2D eigenvalue weighted by molar-refractivity contribution is 7.89. The summed E-state index contributed by atoms with van der Waals surface area (Å²) in [5.41, 5.74) is -1.79. The van der Waals surface area contributed by atoms with Crippen molar-refractivity contribution in [3.05, 3.63) is 103 Å². The smallest absolute Gasteiger partial charge is 0.335 e. The maximum atomic E-state index is 13.7. The van der Waals surface area contributed by atoms with Gasteiger partial charge in [-0.1, -0.05) is 53.5 Å². The maximum Gasteiger partial charge on any atom is 0.335 e. The Morgan fingerprint density at radius 3 is 2.36 bits per heavy atom. The molecule has 3 aromatic carbocycles. The number of sulfonamides is 1. The summed E-state index contributed by atoms with van der Waals surface area (Å²) >= 11 is 12.1. The van der Waals surface area contributed by atoms with Crippen molar-refractivity contribution in [2.24, 2.45) is 7.05 Å². The molecule has 14 heteroatoms. The number of halogens is 2. The van der Waals surface area contributed by atoms with Gasteiger partial charge >= 0.3 is 11.7 Å². The Labute approximate surface area is 262 Å². The van der Waals surface area contributed by atoms with E-state index >= 15 is 0 Å². The first-order valence-electron chi connectivity index (χ1n) is 13.6. The molecule has 4 aromatic rings. The van der Waals surface area contributed by atoms with Gasteiger partial charge in [-0.2, -0.15) is 4.31 Å². The number of aryl methyl sites for hydroxylation is 1. The number of aliphatic carboxylic acids is 1. The first kappa shape index (κ1) is 31.5. The first-order valence-corrected chi connectivity index (χ1v) is 15.8. The summed E-state index contributed by atoms with van der Waals surface area (Å²) in [6.07, 6.45) is 1.76. The number of benzene rings is 3. The molecule has 1 aromatic heterocycles. The summed E-state index contributed by atoms with van der Waals surface area (Å²) in [4.78, 5) is 51.4. The maximum absolute atomic E-state index is 13.7. The lowest BCUT2D eigenvalue weighted by molar-refractivity contribution is -0.143. The van der Waals surface area contributed by atoms with Crippen LogP contribution in [-0.2, 0) is 33.1 Å². The third kappa shape index (κ3) is 5.65. The number of carbonyl (C=O) groups is 2. The first-order chi connectivity index (χ1) is 20.7. The number of amides is 1. The number of hydrogen-bond donors (Lipinski definition) is 2. The van der Waals surface area contributed by atoms with Crippen molar-refractivity contribution >= 4 is 55.9 Å². The third-order valence-corrected chi connectivity index (χ3v) is 10.3. The zero-order chi connectivity index (χ0) is 32.0. The molecule has 0 aliphatic carbocycles. The molecule has 2 N–H and O–H groups in total. The van der Waals surface area contributed by atoms with Crippen molar-refractivity contribution < 1.29 is 23.1 Å². The van der Waals surface area contributed by atoms with Crippen LogP contribution < -0.4 is 16.6 Å². The fourth-order valence-electron chi connectivity index (χ4n) is 5.61. The van der Waals surface area contributed by atoms with Gasteiger partial charge in [-0.25, -0.2) is 22.6 Å². The van der Waals surface area contributed by atoms with E-state index in [1.807, 2.05) is 0 Å². The fraction of sp³-hybridized carbons (Fsp3) is 0.267. The highest BCUT2D eigenvalue weighted by atomic mass is 35.5. The van der Waals surface area contributed by atoms with Crippen LogP contribution in [-0.4, -0.2) is 57.0 Å². The molecular formula is C30H28Cl2N4O7S. The molecule has 0 radical (unpaired) electrons. The van der Waals surface area contributed by atoms with Crippen LogP contribution in [0.25, 0.3) is 16.5 Å². The highest BCUT2D eigenvalue weighted by Gasteiger charge is 2.50. The number of nitrogens with zero attached hydrogens (tertiary/aromatic N) is 3. The van der Waals surface area contributed by atoms with Gasteiger partial charge < -0.3 is 15.0 Å². The van der Waals surface area contributed by atoms with E-state index in [1.54, 1.807) is 36.4 Å². The molecule has 1 aliphatic rings. The van der Waals surface area contributed by atoms with Crippen LogP contribution in [0.2, 0.25) is 10.0 Å². The second-order valence-electron chi connectivity index (χ2n) is 10.8.